The van der Waals surface area contributed by atoms with E-state index in [2.05, 4.69) is 15.6 Å². The summed E-state index contributed by atoms with van der Waals surface area (Å²) in [7, 11) is 0. The average Bonchev–Trinajstić information content (AvgIpc) is 3.46. The number of aromatic nitrogens is 1. The van der Waals surface area contributed by atoms with Crippen molar-refractivity contribution in [3.63, 3.8) is 0 Å². The number of carbonyl (C=O) groups excluding carboxylic acids is 2. The SMILES string of the molecule is O=C(NCCCNc1ncc([N+](=O)[O-])s1)N1C(=O)/C(=C/c2ccc(Cl)cc2)SC1c1ccc(Cl)cc1. The summed E-state index contributed by atoms with van der Waals surface area (Å²) in [5, 5.41) is 17.5. The molecule has 2 heterocycles. The van der Waals surface area contributed by atoms with Gasteiger partial charge >= 0.3 is 11.0 Å². The summed E-state index contributed by atoms with van der Waals surface area (Å²) in [6.45, 7) is 0.729. The lowest BCUT2D eigenvalue weighted by Gasteiger charge is -2.22. The second kappa shape index (κ2) is 11.7. The van der Waals surface area contributed by atoms with E-state index in [9.17, 15) is 19.7 Å². The molecule has 2 aromatic carbocycles. The van der Waals surface area contributed by atoms with E-state index in [1.54, 1.807) is 54.6 Å². The lowest BCUT2D eigenvalue weighted by Crippen LogP contribution is -2.42. The van der Waals surface area contributed by atoms with E-state index in [0.717, 1.165) is 22.5 Å². The largest absolute Gasteiger partial charge is 0.361 e. The number of thioether (sulfide) groups is 1. The summed E-state index contributed by atoms with van der Waals surface area (Å²) >= 11 is 14.2. The number of nitrogens with one attached hydrogen (secondary N) is 2. The van der Waals surface area contributed by atoms with Crippen LogP contribution in [0.5, 0.6) is 0 Å². The first kappa shape index (κ1) is 26.0. The van der Waals surface area contributed by atoms with Crippen molar-refractivity contribution in [3.05, 3.63) is 90.9 Å². The van der Waals surface area contributed by atoms with Crippen LogP contribution in [0, 0.1) is 10.1 Å². The minimum Gasteiger partial charge on any atom is -0.361 e. The minimum atomic E-state index is -0.553. The number of anilines is 1. The van der Waals surface area contributed by atoms with E-state index in [0.29, 0.717) is 33.0 Å². The molecule has 1 aromatic heterocycles. The normalized spacial score (nSPS) is 16.4. The first-order valence-corrected chi connectivity index (χ1v) is 13.1. The molecule has 3 amide bonds. The van der Waals surface area contributed by atoms with Gasteiger partial charge in [0.25, 0.3) is 5.91 Å². The molecule has 13 heteroatoms. The molecule has 1 fully saturated rings. The quantitative estimate of drug-likeness (QED) is 0.145. The number of hydrogen-bond acceptors (Lipinski definition) is 8. The van der Waals surface area contributed by atoms with Crippen molar-refractivity contribution < 1.29 is 14.5 Å². The van der Waals surface area contributed by atoms with Gasteiger partial charge in [-0.05, 0) is 59.2 Å². The van der Waals surface area contributed by atoms with E-state index < -0.39 is 22.2 Å². The monoisotopic (exact) mass is 563 g/mol. The van der Waals surface area contributed by atoms with Gasteiger partial charge in [-0.15, -0.1) is 0 Å². The van der Waals surface area contributed by atoms with Crippen molar-refractivity contribution in [2.45, 2.75) is 11.8 Å². The number of halogens is 2. The molecular formula is C23H19Cl2N5O4S2. The zero-order valence-electron chi connectivity index (χ0n) is 18.5. The van der Waals surface area contributed by atoms with Crippen LogP contribution in [0.3, 0.4) is 0 Å². The van der Waals surface area contributed by atoms with Crippen LogP contribution in [0.2, 0.25) is 10.0 Å². The number of carbonyl (C=O) groups is 2. The summed E-state index contributed by atoms with van der Waals surface area (Å²) in [4.78, 5) is 42.1. The van der Waals surface area contributed by atoms with E-state index in [1.807, 2.05) is 0 Å². The predicted molar refractivity (Wildman–Crippen MR) is 143 cm³/mol. The van der Waals surface area contributed by atoms with Gasteiger partial charge in [-0.3, -0.25) is 14.9 Å². The molecule has 1 unspecified atom stereocenters. The van der Waals surface area contributed by atoms with Crippen LogP contribution in [0.1, 0.15) is 22.9 Å². The first-order chi connectivity index (χ1) is 17.3. The summed E-state index contributed by atoms with van der Waals surface area (Å²) in [5.74, 6) is -0.402. The van der Waals surface area contributed by atoms with Crippen LogP contribution < -0.4 is 10.6 Å². The van der Waals surface area contributed by atoms with Gasteiger partial charge in [0.2, 0.25) is 0 Å². The molecule has 36 heavy (non-hydrogen) atoms. The standard InChI is InChI=1S/C23H19Cl2N5O4S2/c24-16-6-2-14(3-7-16)12-18-20(31)29(21(35-18)15-4-8-17(25)9-5-15)23(32)27-11-1-10-26-22-28-13-19(36-22)30(33)34/h2-9,12-13,21H,1,10-11H2,(H,26,28)(H,27,32)/b18-12-. The fourth-order valence-electron chi connectivity index (χ4n) is 3.29. The highest BCUT2D eigenvalue weighted by Crippen LogP contribution is 2.46. The Morgan fingerprint density at radius 2 is 1.78 bits per heavy atom. The fraction of sp³-hybridized carbons (Fsp3) is 0.174. The molecule has 4 rings (SSSR count). The Morgan fingerprint density at radius 1 is 1.11 bits per heavy atom. The second-order valence-electron chi connectivity index (χ2n) is 7.53. The van der Waals surface area contributed by atoms with Gasteiger partial charge in [-0.25, -0.2) is 14.7 Å². The molecule has 0 bridgehead atoms. The molecule has 186 valence electrons. The fourth-order valence-corrected chi connectivity index (χ4v) is 5.44. The molecule has 0 spiro atoms. The summed E-state index contributed by atoms with van der Waals surface area (Å²) < 4.78 is 0. The molecule has 0 saturated carbocycles. The Morgan fingerprint density at radius 3 is 2.42 bits per heavy atom. The highest BCUT2D eigenvalue weighted by atomic mass is 35.5. The van der Waals surface area contributed by atoms with Crippen LogP contribution in [0.15, 0.2) is 59.6 Å². The molecule has 2 N–H and O–H groups in total. The third-order valence-electron chi connectivity index (χ3n) is 5.02. The van der Waals surface area contributed by atoms with Crippen LogP contribution in [0.4, 0.5) is 14.9 Å². The lowest BCUT2D eigenvalue weighted by molar-refractivity contribution is -0.380. The number of benzene rings is 2. The number of hydrogen-bond donors (Lipinski definition) is 2. The smallest absolute Gasteiger partial charge is 0.345 e. The van der Waals surface area contributed by atoms with Crippen molar-refractivity contribution in [1.29, 1.82) is 0 Å². The maximum Gasteiger partial charge on any atom is 0.345 e. The highest BCUT2D eigenvalue weighted by Gasteiger charge is 2.41. The maximum absolute atomic E-state index is 13.2. The van der Waals surface area contributed by atoms with Gasteiger partial charge in [0.05, 0.1) is 9.83 Å². The first-order valence-electron chi connectivity index (χ1n) is 10.7. The molecule has 9 nitrogen and oxygen atoms in total. The molecule has 1 saturated heterocycles. The van der Waals surface area contributed by atoms with Crippen molar-refractivity contribution in [3.8, 4) is 0 Å². The van der Waals surface area contributed by atoms with Gasteiger partial charge in [0.1, 0.15) is 11.6 Å². The van der Waals surface area contributed by atoms with Crippen LogP contribution in [0.25, 0.3) is 6.08 Å². The number of imide groups is 1. The van der Waals surface area contributed by atoms with E-state index in [4.69, 9.17) is 23.2 Å². The van der Waals surface area contributed by atoms with Crippen molar-refractivity contribution in [2.75, 3.05) is 18.4 Å². The maximum atomic E-state index is 13.2. The Kier molecular flexibility index (Phi) is 8.47. The second-order valence-corrected chi connectivity index (χ2v) is 10.5. The summed E-state index contributed by atoms with van der Waals surface area (Å²) in [6.07, 6.45) is 3.45. The molecule has 0 radical (unpaired) electrons. The van der Waals surface area contributed by atoms with E-state index >= 15 is 0 Å². The third-order valence-corrected chi connectivity index (χ3v) is 7.69. The van der Waals surface area contributed by atoms with Gasteiger partial charge in [-0.1, -0.05) is 59.2 Å². The van der Waals surface area contributed by atoms with E-state index in [-0.39, 0.29) is 11.5 Å². The van der Waals surface area contributed by atoms with Gasteiger partial charge in [0, 0.05) is 23.1 Å². The topological polar surface area (TPSA) is 117 Å². The van der Waals surface area contributed by atoms with Gasteiger partial charge in [0.15, 0.2) is 5.13 Å². The predicted octanol–water partition coefficient (Wildman–Crippen LogP) is 6.19. The van der Waals surface area contributed by atoms with Crippen LogP contribution in [-0.4, -0.2) is 39.8 Å². The lowest BCUT2D eigenvalue weighted by atomic mass is 10.2. The van der Waals surface area contributed by atoms with Crippen molar-refractivity contribution in [1.82, 2.24) is 15.2 Å². The number of nitrogens with zero attached hydrogens (tertiary/aromatic N) is 3. The Hall–Kier alpha value is -3.12. The Bertz CT molecular complexity index is 1300. The highest BCUT2D eigenvalue weighted by molar-refractivity contribution is 8.04. The molecule has 3 aromatic rings. The average molecular weight is 564 g/mol. The Balaban J connectivity index is 1.41. The zero-order chi connectivity index (χ0) is 25.7. The van der Waals surface area contributed by atoms with E-state index in [1.165, 1.54) is 22.9 Å². The molecular weight excluding hydrogens is 545 g/mol. The molecule has 1 aliphatic heterocycles. The zero-order valence-corrected chi connectivity index (χ0v) is 21.7. The number of amides is 3. The third kappa shape index (κ3) is 6.35. The molecule has 1 aliphatic rings. The number of urea groups is 1. The number of rotatable bonds is 8. The molecule has 0 aliphatic carbocycles. The number of thiazole rings is 1. The summed E-state index contributed by atoms with van der Waals surface area (Å²) in [5.41, 5.74) is 1.56. The van der Waals surface area contributed by atoms with Crippen molar-refractivity contribution in [2.24, 2.45) is 0 Å². The molecule has 1 atom stereocenters. The Labute approximate surface area is 224 Å². The van der Waals surface area contributed by atoms with Gasteiger partial charge < -0.3 is 10.6 Å². The van der Waals surface area contributed by atoms with Crippen LogP contribution >= 0.6 is 46.3 Å². The van der Waals surface area contributed by atoms with Gasteiger partial charge in [-0.2, -0.15) is 0 Å². The van der Waals surface area contributed by atoms with Crippen molar-refractivity contribution >= 4 is 74.4 Å². The summed E-state index contributed by atoms with van der Waals surface area (Å²) in [6, 6.07) is 13.6. The van der Waals surface area contributed by atoms with Crippen LogP contribution in [-0.2, 0) is 4.79 Å². The number of nitro groups is 1. The minimum absolute atomic E-state index is 0.0495.